The van der Waals surface area contributed by atoms with Gasteiger partial charge in [0.05, 0.1) is 19.2 Å². The van der Waals surface area contributed by atoms with Crippen LogP contribution in [0.3, 0.4) is 0 Å². The van der Waals surface area contributed by atoms with Gasteiger partial charge in [-0.05, 0) is 37.3 Å². The van der Waals surface area contributed by atoms with E-state index in [1.54, 1.807) is 25.3 Å². The second-order valence-corrected chi connectivity index (χ2v) is 5.98. The molecule has 136 valence electrons. The number of phenols is 1. The van der Waals surface area contributed by atoms with E-state index < -0.39 is 0 Å². The van der Waals surface area contributed by atoms with E-state index in [0.717, 1.165) is 16.6 Å². The number of aromatic nitrogens is 1. The first-order valence-corrected chi connectivity index (χ1v) is 8.35. The summed E-state index contributed by atoms with van der Waals surface area (Å²) in [5, 5.41) is 13.4. The third-order valence-electron chi connectivity index (χ3n) is 4.42. The van der Waals surface area contributed by atoms with Gasteiger partial charge in [-0.25, -0.2) is 0 Å². The Morgan fingerprint density at radius 2 is 1.92 bits per heavy atom. The van der Waals surface area contributed by atoms with Crippen LogP contribution in [0.4, 0.5) is 0 Å². The Kier molecular flexibility index (Phi) is 5.02. The average Bonchev–Trinajstić information content (AvgIpc) is 2.89. The Labute approximate surface area is 152 Å². The van der Waals surface area contributed by atoms with E-state index in [0.29, 0.717) is 30.2 Å². The van der Waals surface area contributed by atoms with Crippen LogP contribution in [0, 0.1) is 6.92 Å². The number of methoxy groups -OCH3 is 1. The molecule has 3 rings (SSSR count). The van der Waals surface area contributed by atoms with Gasteiger partial charge in [-0.15, -0.1) is 0 Å². The van der Waals surface area contributed by atoms with Crippen molar-refractivity contribution in [2.45, 2.75) is 6.92 Å². The van der Waals surface area contributed by atoms with Crippen molar-refractivity contribution in [3.63, 3.8) is 0 Å². The van der Waals surface area contributed by atoms with Gasteiger partial charge in [0.25, 0.3) is 5.91 Å². The highest BCUT2D eigenvalue weighted by molar-refractivity contribution is 6.08. The molecule has 0 aliphatic heterocycles. The highest BCUT2D eigenvalue weighted by atomic mass is 16.5. The minimum absolute atomic E-state index is 0.136. The van der Waals surface area contributed by atoms with E-state index in [1.807, 2.05) is 42.8 Å². The number of aryl methyl sites for hydroxylation is 1. The van der Waals surface area contributed by atoms with Crippen molar-refractivity contribution in [3.8, 4) is 17.2 Å². The highest BCUT2D eigenvalue weighted by Crippen LogP contribution is 2.28. The van der Waals surface area contributed by atoms with Crippen molar-refractivity contribution >= 4 is 16.8 Å². The zero-order valence-corrected chi connectivity index (χ0v) is 15.1. The molecular formula is C20H22N2O4. The van der Waals surface area contributed by atoms with Crippen LogP contribution >= 0.6 is 0 Å². The summed E-state index contributed by atoms with van der Waals surface area (Å²) in [5.74, 6) is 1.23. The molecule has 0 fully saturated rings. The first-order chi connectivity index (χ1) is 12.5. The fourth-order valence-electron chi connectivity index (χ4n) is 3.00. The number of para-hydroxylation sites is 2. The van der Waals surface area contributed by atoms with Gasteiger partial charge in [-0.2, -0.15) is 0 Å². The highest BCUT2D eigenvalue weighted by Gasteiger charge is 2.18. The SMILES string of the molecule is COc1ccccc1OCCNC(=O)c1c(C)n(C)c2ccc(O)cc12. The predicted octanol–water partition coefficient (Wildman–Crippen LogP) is 3.01. The van der Waals surface area contributed by atoms with E-state index in [1.165, 1.54) is 0 Å². The summed E-state index contributed by atoms with van der Waals surface area (Å²) in [5.41, 5.74) is 2.31. The van der Waals surface area contributed by atoms with Gasteiger partial charge in [-0.1, -0.05) is 12.1 Å². The van der Waals surface area contributed by atoms with Gasteiger partial charge < -0.3 is 24.5 Å². The third-order valence-corrected chi connectivity index (χ3v) is 4.42. The summed E-state index contributed by atoms with van der Waals surface area (Å²) < 4.78 is 12.8. The zero-order chi connectivity index (χ0) is 18.7. The van der Waals surface area contributed by atoms with E-state index in [2.05, 4.69) is 5.32 Å². The molecule has 0 atom stereocenters. The summed E-state index contributed by atoms with van der Waals surface area (Å²) in [6.45, 7) is 2.56. The lowest BCUT2D eigenvalue weighted by Gasteiger charge is -2.11. The number of amides is 1. The standard InChI is InChI=1S/C20H22N2O4/c1-13-19(15-12-14(23)8-9-16(15)22(13)2)20(24)21-10-11-26-18-7-5-4-6-17(18)25-3/h4-9,12,23H,10-11H2,1-3H3,(H,21,24). The van der Waals surface area contributed by atoms with Crippen LogP contribution in [0.15, 0.2) is 42.5 Å². The molecule has 0 aliphatic rings. The number of benzene rings is 2. The van der Waals surface area contributed by atoms with Crippen LogP contribution in [-0.2, 0) is 7.05 Å². The number of carbonyl (C=O) groups is 1. The third kappa shape index (κ3) is 3.31. The number of ether oxygens (including phenoxy) is 2. The number of aromatic hydroxyl groups is 1. The van der Waals surface area contributed by atoms with Gasteiger partial charge in [0.15, 0.2) is 11.5 Å². The second-order valence-electron chi connectivity index (χ2n) is 5.98. The fourth-order valence-corrected chi connectivity index (χ4v) is 3.00. The Bertz CT molecular complexity index is 946. The lowest BCUT2D eigenvalue weighted by Crippen LogP contribution is -2.28. The molecule has 0 saturated heterocycles. The van der Waals surface area contributed by atoms with Gasteiger partial charge in [-0.3, -0.25) is 4.79 Å². The maximum absolute atomic E-state index is 12.7. The Morgan fingerprint density at radius 3 is 2.65 bits per heavy atom. The Hall–Kier alpha value is -3.15. The monoisotopic (exact) mass is 354 g/mol. The average molecular weight is 354 g/mol. The molecule has 0 aliphatic carbocycles. The molecule has 2 N–H and O–H groups in total. The second kappa shape index (κ2) is 7.39. The quantitative estimate of drug-likeness (QED) is 0.668. The van der Waals surface area contributed by atoms with Gasteiger partial charge in [0, 0.05) is 23.6 Å². The molecule has 0 bridgehead atoms. The first kappa shape index (κ1) is 17.7. The van der Waals surface area contributed by atoms with Crippen LogP contribution in [0.25, 0.3) is 10.9 Å². The minimum Gasteiger partial charge on any atom is -0.508 e. The van der Waals surface area contributed by atoms with Crippen molar-refractivity contribution in [2.24, 2.45) is 7.05 Å². The number of hydrogen-bond acceptors (Lipinski definition) is 4. The number of nitrogens with one attached hydrogen (secondary N) is 1. The van der Waals surface area contributed by atoms with Crippen molar-refractivity contribution < 1.29 is 19.4 Å². The topological polar surface area (TPSA) is 72.7 Å². The van der Waals surface area contributed by atoms with Crippen LogP contribution in [0.5, 0.6) is 17.2 Å². The minimum atomic E-state index is -0.192. The molecule has 0 radical (unpaired) electrons. The Morgan fingerprint density at radius 1 is 1.19 bits per heavy atom. The molecule has 1 heterocycles. The summed E-state index contributed by atoms with van der Waals surface area (Å²) in [4.78, 5) is 12.7. The van der Waals surface area contributed by atoms with Crippen LogP contribution in [0.2, 0.25) is 0 Å². The number of hydrogen-bond donors (Lipinski definition) is 2. The van der Waals surface area contributed by atoms with Crippen LogP contribution < -0.4 is 14.8 Å². The number of carbonyl (C=O) groups excluding carboxylic acids is 1. The molecular weight excluding hydrogens is 332 g/mol. The van der Waals surface area contributed by atoms with E-state index in [-0.39, 0.29) is 11.7 Å². The number of fused-ring (bicyclic) bond motifs is 1. The van der Waals surface area contributed by atoms with Gasteiger partial charge in [0.2, 0.25) is 0 Å². The molecule has 0 saturated carbocycles. The largest absolute Gasteiger partial charge is 0.508 e. The zero-order valence-electron chi connectivity index (χ0n) is 15.1. The van der Waals surface area contributed by atoms with Crippen molar-refractivity contribution in [1.82, 2.24) is 9.88 Å². The number of nitrogens with zero attached hydrogens (tertiary/aromatic N) is 1. The van der Waals surface area contributed by atoms with Gasteiger partial charge in [0.1, 0.15) is 12.4 Å². The molecule has 6 heteroatoms. The lowest BCUT2D eigenvalue weighted by atomic mass is 10.1. The number of phenolic OH excluding ortho intramolecular Hbond substituents is 1. The smallest absolute Gasteiger partial charge is 0.253 e. The predicted molar refractivity (Wildman–Crippen MR) is 100 cm³/mol. The maximum atomic E-state index is 12.7. The first-order valence-electron chi connectivity index (χ1n) is 8.35. The van der Waals surface area contributed by atoms with Crippen LogP contribution in [0.1, 0.15) is 16.1 Å². The van der Waals surface area contributed by atoms with Crippen molar-refractivity contribution in [1.29, 1.82) is 0 Å². The van der Waals surface area contributed by atoms with Crippen molar-refractivity contribution in [3.05, 3.63) is 53.7 Å². The van der Waals surface area contributed by atoms with E-state index in [4.69, 9.17) is 9.47 Å². The molecule has 0 spiro atoms. The molecule has 3 aromatic rings. The molecule has 6 nitrogen and oxygen atoms in total. The fraction of sp³-hybridized carbons (Fsp3) is 0.250. The summed E-state index contributed by atoms with van der Waals surface area (Å²) in [7, 11) is 3.49. The molecule has 0 unspecified atom stereocenters. The Balaban J connectivity index is 1.68. The number of rotatable bonds is 6. The van der Waals surface area contributed by atoms with Gasteiger partial charge >= 0.3 is 0 Å². The summed E-state index contributed by atoms with van der Waals surface area (Å²) >= 11 is 0. The van der Waals surface area contributed by atoms with E-state index in [9.17, 15) is 9.90 Å². The summed E-state index contributed by atoms with van der Waals surface area (Å²) in [6, 6.07) is 12.4. The van der Waals surface area contributed by atoms with E-state index >= 15 is 0 Å². The molecule has 2 aromatic carbocycles. The normalized spacial score (nSPS) is 10.7. The molecule has 1 aromatic heterocycles. The summed E-state index contributed by atoms with van der Waals surface area (Å²) in [6.07, 6.45) is 0. The molecule has 26 heavy (non-hydrogen) atoms. The van der Waals surface area contributed by atoms with Crippen molar-refractivity contribution in [2.75, 3.05) is 20.3 Å². The molecule has 1 amide bonds. The van der Waals surface area contributed by atoms with Crippen LogP contribution in [-0.4, -0.2) is 35.8 Å². The maximum Gasteiger partial charge on any atom is 0.253 e. The lowest BCUT2D eigenvalue weighted by molar-refractivity contribution is 0.0947.